The van der Waals surface area contributed by atoms with Crippen molar-refractivity contribution in [2.24, 2.45) is 0 Å². The third-order valence-electron chi connectivity index (χ3n) is 2.55. The molecule has 0 saturated carbocycles. The van der Waals surface area contributed by atoms with Crippen LogP contribution in [0.3, 0.4) is 0 Å². The van der Waals surface area contributed by atoms with Crippen LogP contribution in [0.2, 0.25) is 10.0 Å². The lowest BCUT2D eigenvalue weighted by molar-refractivity contribution is 0.537. The van der Waals surface area contributed by atoms with Crippen LogP contribution < -0.4 is 0 Å². The van der Waals surface area contributed by atoms with Gasteiger partial charge >= 0.3 is 0 Å². The number of hydrogen-bond acceptors (Lipinski definition) is 2. The summed E-state index contributed by atoms with van der Waals surface area (Å²) < 4.78 is 22.4. The van der Waals surface area contributed by atoms with E-state index in [0.717, 1.165) is 11.1 Å². The van der Waals surface area contributed by atoms with Gasteiger partial charge in [-0.2, -0.15) is 0 Å². The van der Waals surface area contributed by atoms with Crippen LogP contribution in [0.4, 0.5) is 0 Å². The van der Waals surface area contributed by atoms with Gasteiger partial charge in [0.25, 0.3) is 0 Å². The minimum absolute atomic E-state index is 0.249. The number of rotatable bonds is 2. The van der Waals surface area contributed by atoms with Crippen molar-refractivity contribution < 1.29 is 8.76 Å². The summed E-state index contributed by atoms with van der Waals surface area (Å²) in [7, 11) is 0. The van der Waals surface area contributed by atoms with Crippen LogP contribution in [-0.4, -0.2) is 8.76 Å². The largest absolute Gasteiger partial charge is 0.768 e. The van der Waals surface area contributed by atoms with Crippen molar-refractivity contribution in [3.05, 3.63) is 52.0 Å². The number of aryl methyl sites for hydroxylation is 1. The van der Waals surface area contributed by atoms with Crippen molar-refractivity contribution in [3.8, 4) is 11.1 Å². The normalized spacial score (nSPS) is 12.4. The van der Waals surface area contributed by atoms with Gasteiger partial charge in [0.05, 0.1) is 10.0 Å². The van der Waals surface area contributed by atoms with Gasteiger partial charge in [-0.15, -0.1) is 0 Å². The standard InChI is InChI=1S/C13H10Cl2O2S/c1-8-2-5-13(18(16)17)10(6-8)9-3-4-11(14)12(15)7-9/h2-7H,1H3,(H,16,17)/p-1. The highest BCUT2D eigenvalue weighted by atomic mass is 35.5. The molecule has 1 unspecified atom stereocenters. The smallest absolute Gasteiger partial charge is 0.0598 e. The fourth-order valence-corrected chi connectivity index (χ4v) is 2.51. The zero-order valence-electron chi connectivity index (χ0n) is 9.44. The average Bonchev–Trinajstić information content (AvgIpc) is 2.32. The Morgan fingerprint density at radius 2 is 1.78 bits per heavy atom. The summed E-state index contributed by atoms with van der Waals surface area (Å²) in [5.41, 5.74) is 2.33. The fourth-order valence-electron chi connectivity index (χ4n) is 1.68. The maximum Gasteiger partial charge on any atom is 0.0598 e. The highest BCUT2D eigenvalue weighted by Crippen LogP contribution is 2.32. The molecule has 0 radical (unpaired) electrons. The highest BCUT2D eigenvalue weighted by molar-refractivity contribution is 7.79. The molecule has 2 nitrogen and oxygen atoms in total. The van der Waals surface area contributed by atoms with Crippen LogP contribution in [0.15, 0.2) is 41.3 Å². The first-order valence-corrected chi connectivity index (χ1v) is 6.97. The second-order valence-corrected chi connectivity index (χ2v) is 5.59. The molecule has 0 spiro atoms. The molecule has 5 heteroatoms. The minimum atomic E-state index is -2.29. The molecule has 0 saturated heterocycles. The summed E-state index contributed by atoms with van der Waals surface area (Å²) in [5, 5.41) is 0.844. The molecule has 94 valence electrons. The van der Waals surface area contributed by atoms with E-state index < -0.39 is 11.1 Å². The van der Waals surface area contributed by atoms with Crippen LogP contribution in [-0.2, 0) is 11.1 Å². The Kier molecular flexibility index (Phi) is 4.07. The second-order valence-electron chi connectivity index (χ2n) is 3.86. The van der Waals surface area contributed by atoms with E-state index in [9.17, 15) is 8.76 Å². The Labute approximate surface area is 118 Å². The van der Waals surface area contributed by atoms with E-state index >= 15 is 0 Å². The van der Waals surface area contributed by atoms with Gasteiger partial charge in [0.15, 0.2) is 0 Å². The molecule has 0 amide bonds. The minimum Gasteiger partial charge on any atom is -0.768 e. The summed E-state index contributed by atoms with van der Waals surface area (Å²) in [6, 6.07) is 10.2. The van der Waals surface area contributed by atoms with Crippen molar-refractivity contribution in [3.63, 3.8) is 0 Å². The van der Waals surface area contributed by atoms with Crippen LogP contribution in [0, 0.1) is 6.92 Å². The Hall–Kier alpha value is -0.870. The van der Waals surface area contributed by atoms with E-state index in [1.54, 1.807) is 30.3 Å². The van der Waals surface area contributed by atoms with Crippen LogP contribution in [0.25, 0.3) is 11.1 Å². The third-order valence-corrected chi connectivity index (χ3v) is 4.00. The predicted octanol–water partition coefficient (Wildman–Crippen LogP) is 4.21. The lowest BCUT2D eigenvalue weighted by atomic mass is 10.0. The van der Waals surface area contributed by atoms with E-state index in [2.05, 4.69) is 0 Å². The molecule has 2 aromatic carbocycles. The Morgan fingerprint density at radius 1 is 1.06 bits per heavy atom. The first kappa shape index (κ1) is 13.6. The molecule has 18 heavy (non-hydrogen) atoms. The molecule has 0 aliphatic heterocycles. The number of hydrogen-bond donors (Lipinski definition) is 0. The van der Waals surface area contributed by atoms with Gasteiger partial charge < -0.3 is 4.55 Å². The summed E-state index contributed by atoms with van der Waals surface area (Å²) in [6.07, 6.45) is 0. The van der Waals surface area contributed by atoms with Crippen molar-refractivity contribution in [1.29, 1.82) is 0 Å². The zero-order valence-corrected chi connectivity index (χ0v) is 11.8. The van der Waals surface area contributed by atoms with Gasteiger partial charge in [0.2, 0.25) is 0 Å². The third kappa shape index (κ3) is 2.75. The Morgan fingerprint density at radius 3 is 2.39 bits per heavy atom. The Bertz CT molecular complexity index is 626. The van der Waals surface area contributed by atoms with E-state index in [0.29, 0.717) is 15.6 Å². The number of benzene rings is 2. The molecule has 2 aromatic rings. The quantitative estimate of drug-likeness (QED) is 0.780. The predicted molar refractivity (Wildman–Crippen MR) is 73.8 cm³/mol. The molecular formula is C13H9Cl2O2S-. The van der Waals surface area contributed by atoms with Gasteiger partial charge in [-0.1, -0.05) is 47.0 Å². The lowest BCUT2D eigenvalue weighted by Crippen LogP contribution is -1.94. The molecule has 0 aliphatic rings. The van der Waals surface area contributed by atoms with Crippen molar-refractivity contribution in [2.75, 3.05) is 0 Å². The van der Waals surface area contributed by atoms with Gasteiger partial charge in [-0.05, 0) is 47.3 Å². The van der Waals surface area contributed by atoms with Crippen LogP contribution in [0.5, 0.6) is 0 Å². The van der Waals surface area contributed by atoms with Crippen molar-refractivity contribution >= 4 is 34.3 Å². The first-order valence-electron chi connectivity index (χ1n) is 5.14. The first-order chi connectivity index (χ1) is 8.49. The van der Waals surface area contributed by atoms with Crippen LogP contribution >= 0.6 is 23.2 Å². The second kappa shape index (κ2) is 5.41. The van der Waals surface area contributed by atoms with Gasteiger partial charge in [0.1, 0.15) is 0 Å². The summed E-state index contributed by atoms with van der Waals surface area (Å²) >= 11 is 9.51. The molecule has 0 bridgehead atoms. The molecule has 0 N–H and O–H groups in total. The van der Waals surface area contributed by atoms with E-state index in [-0.39, 0.29) is 4.90 Å². The van der Waals surface area contributed by atoms with Gasteiger partial charge in [-0.25, -0.2) is 0 Å². The van der Waals surface area contributed by atoms with Crippen molar-refractivity contribution in [2.45, 2.75) is 11.8 Å². The summed E-state index contributed by atoms with van der Waals surface area (Å²) in [4.78, 5) is 0.249. The highest BCUT2D eigenvalue weighted by Gasteiger charge is 2.08. The summed E-state index contributed by atoms with van der Waals surface area (Å²) in [5.74, 6) is 0. The van der Waals surface area contributed by atoms with Gasteiger partial charge in [-0.3, -0.25) is 4.21 Å². The summed E-state index contributed by atoms with van der Waals surface area (Å²) in [6.45, 7) is 1.90. The van der Waals surface area contributed by atoms with E-state index in [1.807, 2.05) is 13.0 Å². The fraction of sp³-hybridized carbons (Fsp3) is 0.0769. The topological polar surface area (TPSA) is 40.1 Å². The lowest BCUT2D eigenvalue weighted by Gasteiger charge is -2.13. The Balaban J connectivity index is 2.65. The van der Waals surface area contributed by atoms with Gasteiger partial charge in [0, 0.05) is 4.90 Å². The maximum absolute atomic E-state index is 11.2. The maximum atomic E-state index is 11.2. The molecule has 2 rings (SSSR count). The molecule has 0 heterocycles. The molecule has 1 atom stereocenters. The van der Waals surface area contributed by atoms with E-state index in [1.165, 1.54) is 0 Å². The monoisotopic (exact) mass is 299 g/mol. The molecule has 0 fully saturated rings. The average molecular weight is 300 g/mol. The SMILES string of the molecule is Cc1ccc(S(=O)[O-])c(-c2ccc(Cl)c(Cl)c2)c1. The molecule has 0 aliphatic carbocycles. The zero-order chi connectivity index (χ0) is 13.3. The molecule has 0 aromatic heterocycles. The van der Waals surface area contributed by atoms with Crippen molar-refractivity contribution in [1.82, 2.24) is 0 Å². The van der Waals surface area contributed by atoms with Crippen LogP contribution in [0.1, 0.15) is 5.56 Å². The molecular weight excluding hydrogens is 291 g/mol. The van der Waals surface area contributed by atoms with E-state index in [4.69, 9.17) is 23.2 Å². The number of halogens is 2.